The molecule has 2 N–H and O–H groups in total. The molecule has 0 bridgehead atoms. The molecule has 7 nitrogen and oxygen atoms in total. The lowest BCUT2D eigenvalue weighted by Gasteiger charge is -2.29. The molecule has 3 aliphatic heterocycles. The number of hydrogen-bond acceptors (Lipinski definition) is 6. The zero-order valence-electron chi connectivity index (χ0n) is 21.4. The van der Waals surface area contributed by atoms with Crippen LogP contribution in [0.25, 0.3) is 0 Å². The van der Waals surface area contributed by atoms with Gasteiger partial charge in [-0.1, -0.05) is 12.1 Å². The fourth-order valence-corrected chi connectivity index (χ4v) is 6.15. The molecule has 196 valence electrons. The van der Waals surface area contributed by atoms with Gasteiger partial charge in [-0.2, -0.15) is 0 Å². The molecule has 4 heterocycles. The maximum Gasteiger partial charge on any atom is 0.303 e. The normalized spacial score (nSPS) is 26.8. The van der Waals surface area contributed by atoms with Crippen LogP contribution in [0.5, 0.6) is 0 Å². The lowest BCUT2D eigenvalue weighted by molar-refractivity contribution is -0.138. The molecule has 4 aliphatic rings. The van der Waals surface area contributed by atoms with Crippen LogP contribution < -0.4 is 5.32 Å². The zero-order chi connectivity index (χ0) is 24.7. The molecule has 1 aliphatic carbocycles. The molecular formula is C29H41N3O4. The predicted octanol–water partition coefficient (Wildman–Crippen LogP) is 4.44. The van der Waals surface area contributed by atoms with Gasteiger partial charge in [0.15, 0.2) is 0 Å². The van der Waals surface area contributed by atoms with E-state index in [1.54, 1.807) is 0 Å². The van der Waals surface area contributed by atoms with Gasteiger partial charge in [0, 0.05) is 38.4 Å². The molecule has 1 aromatic rings. The number of aromatic nitrogens is 1. The van der Waals surface area contributed by atoms with Gasteiger partial charge in [-0.3, -0.25) is 4.79 Å². The number of nitrogens with zero attached hydrogens (tertiary/aromatic N) is 2. The second-order valence-electron chi connectivity index (χ2n) is 11.0. The lowest BCUT2D eigenvalue weighted by Crippen LogP contribution is -2.33. The van der Waals surface area contributed by atoms with Gasteiger partial charge in [-0.05, 0) is 99.4 Å². The Morgan fingerprint density at radius 2 is 2.25 bits per heavy atom. The minimum Gasteiger partial charge on any atom is -0.491 e. The summed E-state index contributed by atoms with van der Waals surface area (Å²) >= 11 is 0. The Kier molecular flexibility index (Phi) is 8.59. The van der Waals surface area contributed by atoms with Crippen molar-refractivity contribution in [1.29, 1.82) is 0 Å². The minimum atomic E-state index is -0.715. The first kappa shape index (κ1) is 25.3. The van der Waals surface area contributed by atoms with Crippen LogP contribution in [0.15, 0.2) is 36.1 Å². The van der Waals surface area contributed by atoms with Crippen molar-refractivity contribution < 1.29 is 19.4 Å². The monoisotopic (exact) mass is 495 g/mol. The summed E-state index contributed by atoms with van der Waals surface area (Å²) < 4.78 is 11.7. The van der Waals surface area contributed by atoms with Gasteiger partial charge in [0.25, 0.3) is 0 Å². The summed E-state index contributed by atoms with van der Waals surface area (Å²) in [4.78, 5) is 19.1. The summed E-state index contributed by atoms with van der Waals surface area (Å²) in [5.74, 6) is 2.15. The molecule has 0 radical (unpaired) electrons. The molecule has 4 atom stereocenters. The summed E-state index contributed by atoms with van der Waals surface area (Å²) in [6.45, 7) is 5.35. The maximum atomic E-state index is 11.7. The van der Waals surface area contributed by atoms with Gasteiger partial charge >= 0.3 is 5.97 Å². The molecule has 36 heavy (non-hydrogen) atoms. The topological polar surface area (TPSA) is 83.9 Å². The van der Waals surface area contributed by atoms with Gasteiger partial charge in [0.05, 0.1) is 6.10 Å². The average molecular weight is 496 g/mol. The number of pyridine rings is 1. The van der Waals surface area contributed by atoms with E-state index in [4.69, 9.17) is 14.5 Å². The molecular weight excluding hydrogens is 454 g/mol. The van der Waals surface area contributed by atoms with Crippen molar-refractivity contribution in [1.82, 2.24) is 9.88 Å². The molecule has 0 aromatic carbocycles. The van der Waals surface area contributed by atoms with Crippen LogP contribution in [0.2, 0.25) is 0 Å². The first-order valence-electron chi connectivity index (χ1n) is 13.9. The number of carboxylic acids is 1. The Morgan fingerprint density at radius 1 is 1.31 bits per heavy atom. The van der Waals surface area contributed by atoms with Gasteiger partial charge in [-0.15, -0.1) is 0 Å². The van der Waals surface area contributed by atoms with Gasteiger partial charge in [0.2, 0.25) is 0 Å². The number of aryl methyl sites for hydroxylation is 2. The van der Waals surface area contributed by atoms with Crippen molar-refractivity contribution in [2.24, 2.45) is 17.8 Å². The third-order valence-corrected chi connectivity index (χ3v) is 8.19. The Labute approximate surface area is 214 Å². The van der Waals surface area contributed by atoms with Crippen molar-refractivity contribution >= 4 is 11.8 Å². The molecule has 5 rings (SSSR count). The van der Waals surface area contributed by atoms with E-state index >= 15 is 0 Å². The van der Waals surface area contributed by atoms with Crippen molar-refractivity contribution in [2.45, 2.75) is 63.9 Å². The number of aliphatic carboxylic acids is 1. The number of likely N-dealkylation sites (tertiary alicyclic amines) is 1. The number of ether oxygens (including phenoxy) is 2. The van der Waals surface area contributed by atoms with E-state index in [-0.39, 0.29) is 24.4 Å². The van der Waals surface area contributed by atoms with Crippen molar-refractivity contribution in [2.75, 3.05) is 44.7 Å². The van der Waals surface area contributed by atoms with Crippen molar-refractivity contribution in [3.05, 3.63) is 47.4 Å². The first-order valence-corrected chi connectivity index (χ1v) is 13.9. The van der Waals surface area contributed by atoms with Crippen LogP contribution in [0.1, 0.15) is 56.2 Å². The Balaban J connectivity index is 1.12. The van der Waals surface area contributed by atoms with E-state index in [0.29, 0.717) is 12.5 Å². The molecule has 0 saturated carbocycles. The quantitative estimate of drug-likeness (QED) is 0.469. The molecule has 1 unspecified atom stereocenters. The number of allylic oxidation sites excluding steroid dienone is 3. The number of fused-ring (bicyclic) bond motifs is 1. The number of carboxylic acid groups (broad SMARTS) is 1. The molecule has 1 aromatic heterocycles. The summed E-state index contributed by atoms with van der Waals surface area (Å²) in [7, 11) is 0. The number of hydrogen-bond donors (Lipinski definition) is 2. The largest absolute Gasteiger partial charge is 0.491 e. The second-order valence-corrected chi connectivity index (χ2v) is 11.0. The summed E-state index contributed by atoms with van der Waals surface area (Å²) in [6, 6.07) is 4.44. The van der Waals surface area contributed by atoms with Crippen LogP contribution in [0, 0.1) is 17.8 Å². The average Bonchev–Trinajstić information content (AvgIpc) is 3.58. The fraction of sp³-hybridized carbons (Fsp3) is 0.655. The zero-order valence-corrected chi connectivity index (χ0v) is 21.4. The van der Waals surface area contributed by atoms with E-state index in [1.165, 1.54) is 24.1 Å². The van der Waals surface area contributed by atoms with Crippen molar-refractivity contribution in [3.8, 4) is 0 Å². The third-order valence-electron chi connectivity index (χ3n) is 8.19. The van der Waals surface area contributed by atoms with Crippen LogP contribution in [-0.4, -0.2) is 66.5 Å². The number of carbonyl (C=O) groups is 1. The summed E-state index contributed by atoms with van der Waals surface area (Å²) in [5, 5.41) is 13.1. The molecule has 2 fully saturated rings. The third kappa shape index (κ3) is 6.88. The van der Waals surface area contributed by atoms with E-state index in [1.807, 2.05) is 6.08 Å². The molecule has 7 heteroatoms. The van der Waals surface area contributed by atoms with E-state index in [2.05, 4.69) is 34.5 Å². The van der Waals surface area contributed by atoms with Crippen LogP contribution in [0.3, 0.4) is 0 Å². The van der Waals surface area contributed by atoms with Gasteiger partial charge in [0.1, 0.15) is 18.2 Å². The van der Waals surface area contributed by atoms with E-state index < -0.39 is 5.97 Å². The predicted molar refractivity (Wildman–Crippen MR) is 140 cm³/mol. The Hall–Kier alpha value is -2.38. The Bertz CT molecular complexity index is 956. The second kappa shape index (κ2) is 12.2. The van der Waals surface area contributed by atoms with Crippen LogP contribution in [0.4, 0.5) is 5.82 Å². The maximum absolute atomic E-state index is 11.7. The highest BCUT2D eigenvalue weighted by Gasteiger charge is 2.30. The smallest absolute Gasteiger partial charge is 0.303 e. The highest BCUT2D eigenvalue weighted by Crippen LogP contribution is 2.31. The molecule has 0 amide bonds. The highest BCUT2D eigenvalue weighted by atomic mass is 16.5. The van der Waals surface area contributed by atoms with Crippen LogP contribution in [-0.2, 0) is 27.1 Å². The van der Waals surface area contributed by atoms with Crippen molar-refractivity contribution in [3.63, 3.8) is 0 Å². The SMILES string of the molecule is O=C(O)C[C@H](CN1CC[C@@H](CCc2ccc3c(n2)NCCC3)C1)C1C=C(OC[C@H]2CCCO2)C=CC1. The summed E-state index contributed by atoms with van der Waals surface area (Å²) in [6.07, 6.45) is 15.4. The van der Waals surface area contributed by atoms with Crippen LogP contribution >= 0.6 is 0 Å². The molecule has 2 saturated heterocycles. The van der Waals surface area contributed by atoms with Gasteiger partial charge in [-0.25, -0.2) is 4.98 Å². The highest BCUT2D eigenvalue weighted by molar-refractivity contribution is 5.67. The fourth-order valence-electron chi connectivity index (χ4n) is 6.15. The lowest BCUT2D eigenvalue weighted by atomic mass is 9.84. The van der Waals surface area contributed by atoms with Gasteiger partial charge < -0.3 is 24.8 Å². The van der Waals surface area contributed by atoms with E-state index in [9.17, 15) is 9.90 Å². The number of rotatable bonds is 11. The number of nitrogens with one attached hydrogen (secondary N) is 1. The minimum absolute atomic E-state index is 0.0842. The van der Waals surface area contributed by atoms with E-state index in [0.717, 1.165) is 82.9 Å². The first-order chi connectivity index (χ1) is 17.6. The standard InChI is InChI=1S/C29H41N3O4/c33-28(34)17-24(23-4-1-6-26(16-23)36-20-27-7-3-15-35-27)19-32-14-12-21(18-32)8-10-25-11-9-22-5-2-13-30-29(22)31-25/h1,6,9,11,16,21,23-24,27H,2-5,7-8,10,12-15,17-20H2,(H,30,31)(H,33,34)/t21-,23?,24-,27-/m1/s1. The summed E-state index contributed by atoms with van der Waals surface area (Å²) in [5.41, 5.74) is 2.52. The molecule has 0 spiro atoms. The number of anilines is 1. The Morgan fingerprint density at radius 3 is 3.11 bits per heavy atom.